The summed E-state index contributed by atoms with van der Waals surface area (Å²) in [5.74, 6) is 0. The Bertz CT molecular complexity index is 652. The fraction of sp³-hybridized carbons (Fsp3) is 0.125. The third-order valence-electron chi connectivity index (χ3n) is 3.15. The number of fused-ring (bicyclic) bond motifs is 2. The summed E-state index contributed by atoms with van der Waals surface area (Å²) in [6, 6.07) is 12.3. The first-order valence-electron chi connectivity index (χ1n) is 6.59. The van der Waals surface area contributed by atoms with Crippen LogP contribution in [0.25, 0.3) is 0 Å². The highest BCUT2D eigenvalue weighted by Gasteiger charge is 2.15. The first-order chi connectivity index (χ1) is 9.76. The van der Waals surface area contributed by atoms with Crippen LogP contribution in [0.15, 0.2) is 58.8 Å². The summed E-state index contributed by atoms with van der Waals surface area (Å²) in [6.07, 6.45) is 2.88. The molecule has 1 aliphatic rings. The van der Waals surface area contributed by atoms with Gasteiger partial charge in [-0.3, -0.25) is 0 Å². The largest absolute Gasteiger partial charge is 0.399 e. The third-order valence-corrected chi connectivity index (χ3v) is 4.27. The van der Waals surface area contributed by atoms with Gasteiger partial charge in [-0.2, -0.15) is 0 Å². The quantitative estimate of drug-likeness (QED) is 0.376. The summed E-state index contributed by atoms with van der Waals surface area (Å²) in [5.41, 5.74) is 10.0. The molecule has 2 aromatic rings. The van der Waals surface area contributed by atoms with Crippen LogP contribution in [0, 0.1) is 0 Å². The smallest absolute Gasteiger partial charge is 0.0527 e. The molecular weight excluding hydrogens is 266 g/mol. The van der Waals surface area contributed by atoms with E-state index in [2.05, 4.69) is 35.4 Å². The first kappa shape index (κ1) is 12.9. The second-order valence-corrected chi connectivity index (χ2v) is 5.78. The number of anilines is 4. The molecule has 0 aromatic heterocycles. The number of rotatable bonds is 4. The standard InChI is InChI=1S/C16H17N3S/c1-2-3-8-18-12-5-7-14-16(10-12)20-15-9-11(17)4-6-13(15)19-14/h2,4-7,9-10,18-19H,1,3,8,17H2. The van der Waals surface area contributed by atoms with Crippen molar-refractivity contribution in [1.82, 2.24) is 0 Å². The predicted molar refractivity (Wildman–Crippen MR) is 88.0 cm³/mol. The Morgan fingerprint density at radius 3 is 2.70 bits per heavy atom. The molecule has 0 saturated heterocycles. The molecule has 0 radical (unpaired) electrons. The highest BCUT2D eigenvalue weighted by atomic mass is 32.2. The van der Waals surface area contributed by atoms with E-state index < -0.39 is 0 Å². The number of hydrogen-bond acceptors (Lipinski definition) is 4. The van der Waals surface area contributed by atoms with Crippen LogP contribution in [-0.4, -0.2) is 6.54 Å². The number of nitrogens with two attached hydrogens (primary N) is 1. The van der Waals surface area contributed by atoms with Crippen LogP contribution in [0.5, 0.6) is 0 Å². The summed E-state index contributed by atoms with van der Waals surface area (Å²) < 4.78 is 0. The van der Waals surface area contributed by atoms with E-state index in [1.165, 1.54) is 9.79 Å². The maximum Gasteiger partial charge on any atom is 0.0527 e. The number of benzene rings is 2. The minimum atomic E-state index is 0.793. The predicted octanol–water partition coefficient (Wildman–Crippen LogP) is 4.47. The first-order valence-corrected chi connectivity index (χ1v) is 7.41. The van der Waals surface area contributed by atoms with E-state index in [0.29, 0.717) is 0 Å². The molecule has 0 spiro atoms. The van der Waals surface area contributed by atoms with E-state index in [1.54, 1.807) is 11.8 Å². The van der Waals surface area contributed by atoms with Gasteiger partial charge < -0.3 is 16.4 Å². The highest BCUT2D eigenvalue weighted by molar-refractivity contribution is 7.99. The van der Waals surface area contributed by atoms with Crippen molar-refractivity contribution >= 4 is 34.5 Å². The van der Waals surface area contributed by atoms with Gasteiger partial charge in [0.25, 0.3) is 0 Å². The summed E-state index contributed by atoms with van der Waals surface area (Å²) in [6.45, 7) is 4.64. The molecule has 0 aliphatic carbocycles. The van der Waals surface area contributed by atoms with Crippen molar-refractivity contribution in [3.05, 3.63) is 49.1 Å². The third kappa shape index (κ3) is 2.60. The molecule has 1 aliphatic heterocycles. The monoisotopic (exact) mass is 283 g/mol. The highest BCUT2D eigenvalue weighted by Crippen LogP contribution is 2.45. The molecule has 0 fully saturated rings. The van der Waals surface area contributed by atoms with Crippen LogP contribution in [0.3, 0.4) is 0 Å². The lowest BCUT2D eigenvalue weighted by molar-refractivity contribution is 1.07. The molecule has 0 saturated carbocycles. The van der Waals surface area contributed by atoms with Crippen LogP contribution >= 0.6 is 11.8 Å². The van der Waals surface area contributed by atoms with Gasteiger partial charge >= 0.3 is 0 Å². The maximum absolute atomic E-state index is 5.85. The Morgan fingerprint density at radius 1 is 1.15 bits per heavy atom. The second kappa shape index (κ2) is 5.51. The van der Waals surface area contributed by atoms with E-state index in [1.807, 2.05) is 24.3 Å². The van der Waals surface area contributed by atoms with Gasteiger partial charge in [-0.15, -0.1) is 6.58 Å². The summed E-state index contributed by atoms with van der Waals surface area (Å²) in [7, 11) is 0. The van der Waals surface area contributed by atoms with Crippen molar-refractivity contribution < 1.29 is 0 Å². The molecule has 4 N–H and O–H groups in total. The average molecular weight is 283 g/mol. The van der Waals surface area contributed by atoms with Crippen molar-refractivity contribution in [2.75, 3.05) is 22.9 Å². The van der Waals surface area contributed by atoms with Crippen molar-refractivity contribution in [3.8, 4) is 0 Å². The van der Waals surface area contributed by atoms with Crippen LogP contribution < -0.4 is 16.4 Å². The molecule has 2 aromatic carbocycles. The molecule has 1 heterocycles. The number of nitrogen functional groups attached to an aromatic ring is 1. The minimum absolute atomic E-state index is 0.793. The fourth-order valence-electron chi connectivity index (χ4n) is 2.13. The van der Waals surface area contributed by atoms with Crippen LogP contribution in [-0.2, 0) is 0 Å². The van der Waals surface area contributed by atoms with Crippen molar-refractivity contribution in [1.29, 1.82) is 0 Å². The summed E-state index contributed by atoms with van der Waals surface area (Å²) in [5, 5.41) is 6.84. The van der Waals surface area contributed by atoms with Crippen LogP contribution in [0.2, 0.25) is 0 Å². The van der Waals surface area contributed by atoms with E-state index in [9.17, 15) is 0 Å². The van der Waals surface area contributed by atoms with Gasteiger partial charge in [0.1, 0.15) is 0 Å². The van der Waals surface area contributed by atoms with E-state index in [0.717, 1.165) is 35.7 Å². The fourth-order valence-corrected chi connectivity index (χ4v) is 3.20. The second-order valence-electron chi connectivity index (χ2n) is 4.70. The normalized spacial score (nSPS) is 12.0. The van der Waals surface area contributed by atoms with Crippen LogP contribution in [0.1, 0.15) is 6.42 Å². The Kier molecular flexibility index (Phi) is 3.56. The van der Waals surface area contributed by atoms with Gasteiger partial charge in [0.2, 0.25) is 0 Å². The molecule has 20 heavy (non-hydrogen) atoms. The lowest BCUT2D eigenvalue weighted by Crippen LogP contribution is -2.03. The van der Waals surface area contributed by atoms with Gasteiger partial charge in [-0.25, -0.2) is 0 Å². The number of nitrogens with one attached hydrogen (secondary N) is 2. The Morgan fingerprint density at radius 2 is 1.90 bits per heavy atom. The zero-order valence-corrected chi connectivity index (χ0v) is 12.0. The molecule has 0 unspecified atom stereocenters. The Hall–Kier alpha value is -2.07. The Labute approximate surface area is 123 Å². The topological polar surface area (TPSA) is 50.1 Å². The molecule has 0 amide bonds. The SMILES string of the molecule is C=CCCNc1ccc2c(c1)Sc1cc(N)ccc1N2. The van der Waals surface area contributed by atoms with Gasteiger partial charge in [0.05, 0.1) is 11.4 Å². The zero-order chi connectivity index (χ0) is 13.9. The molecule has 4 heteroatoms. The van der Waals surface area contributed by atoms with Gasteiger partial charge in [-0.05, 0) is 42.8 Å². The molecule has 0 bridgehead atoms. The van der Waals surface area contributed by atoms with Gasteiger partial charge in [-0.1, -0.05) is 17.8 Å². The minimum Gasteiger partial charge on any atom is -0.399 e. The molecular formula is C16H17N3S. The molecule has 3 rings (SSSR count). The van der Waals surface area contributed by atoms with E-state index in [-0.39, 0.29) is 0 Å². The van der Waals surface area contributed by atoms with E-state index >= 15 is 0 Å². The van der Waals surface area contributed by atoms with Gasteiger partial charge in [0, 0.05) is 27.7 Å². The Balaban J connectivity index is 1.83. The van der Waals surface area contributed by atoms with Crippen LogP contribution in [0.4, 0.5) is 22.7 Å². The van der Waals surface area contributed by atoms with Crippen molar-refractivity contribution in [2.45, 2.75) is 16.2 Å². The number of hydrogen-bond donors (Lipinski definition) is 3. The summed E-state index contributed by atoms with van der Waals surface area (Å²) in [4.78, 5) is 2.38. The molecule has 0 atom stereocenters. The van der Waals surface area contributed by atoms with E-state index in [4.69, 9.17) is 5.73 Å². The lowest BCUT2D eigenvalue weighted by atomic mass is 10.2. The zero-order valence-electron chi connectivity index (χ0n) is 11.1. The molecule has 102 valence electrons. The summed E-state index contributed by atoms with van der Waals surface area (Å²) >= 11 is 1.75. The maximum atomic E-state index is 5.85. The lowest BCUT2D eigenvalue weighted by Gasteiger charge is -2.21. The average Bonchev–Trinajstić information content (AvgIpc) is 2.45. The van der Waals surface area contributed by atoms with Crippen molar-refractivity contribution in [3.63, 3.8) is 0 Å². The van der Waals surface area contributed by atoms with Crippen molar-refractivity contribution in [2.24, 2.45) is 0 Å². The van der Waals surface area contributed by atoms with Gasteiger partial charge in [0.15, 0.2) is 0 Å². The molecule has 3 nitrogen and oxygen atoms in total.